The molecule has 1 N–H and O–H groups in total. The molecule has 0 aliphatic carbocycles. The van der Waals surface area contributed by atoms with Gasteiger partial charge in [-0.15, -0.1) is 0 Å². The lowest BCUT2D eigenvalue weighted by atomic mass is 10.1. The summed E-state index contributed by atoms with van der Waals surface area (Å²) < 4.78 is 3.28. The van der Waals surface area contributed by atoms with E-state index >= 15 is 0 Å². The van der Waals surface area contributed by atoms with E-state index in [0.29, 0.717) is 6.04 Å². The Hall–Kier alpha value is -0.940. The van der Waals surface area contributed by atoms with Crippen LogP contribution in [-0.4, -0.2) is 27.6 Å². The number of hydrogen-bond acceptors (Lipinski definition) is 3. The largest absolute Gasteiger partial charge is 0.317 e. The van der Waals surface area contributed by atoms with Crippen LogP contribution < -0.4 is 5.32 Å². The molecule has 0 amide bonds. The predicted molar refractivity (Wildman–Crippen MR) is 71.1 cm³/mol. The average Bonchev–Trinajstić information content (AvgIpc) is 2.65. The molecule has 0 spiro atoms. The standard InChI is InChI=1S/C12H15BrN4/c1-8-16-11-6-9(13)7-15-12(11)17(8)10-2-4-14-5-3-10/h6-7,10,14H,2-5H2,1H3. The molecular formula is C12H15BrN4. The summed E-state index contributed by atoms with van der Waals surface area (Å²) in [5.41, 5.74) is 1.99. The Morgan fingerprint density at radius 2 is 2.18 bits per heavy atom. The van der Waals surface area contributed by atoms with Crippen molar-refractivity contribution in [3.8, 4) is 0 Å². The Kier molecular flexibility index (Phi) is 2.88. The molecule has 0 saturated carbocycles. The Labute approximate surface area is 109 Å². The van der Waals surface area contributed by atoms with Crippen molar-refractivity contribution in [2.24, 2.45) is 0 Å². The second-order valence-corrected chi connectivity index (χ2v) is 5.42. The molecule has 0 atom stereocenters. The summed E-state index contributed by atoms with van der Waals surface area (Å²) in [4.78, 5) is 9.11. The maximum absolute atomic E-state index is 4.60. The smallest absolute Gasteiger partial charge is 0.160 e. The molecule has 0 aromatic carbocycles. The molecule has 4 nitrogen and oxygen atoms in total. The van der Waals surface area contributed by atoms with Crippen molar-refractivity contribution in [2.45, 2.75) is 25.8 Å². The number of hydrogen-bond donors (Lipinski definition) is 1. The van der Waals surface area contributed by atoms with Crippen molar-refractivity contribution in [2.75, 3.05) is 13.1 Å². The van der Waals surface area contributed by atoms with Gasteiger partial charge in [0.2, 0.25) is 0 Å². The van der Waals surface area contributed by atoms with Gasteiger partial charge in [-0.1, -0.05) is 0 Å². The van der Waals surface area contributed by atoms with Gasteiger partial charge in [0.25, 0.3) is 0 Å². The molecule has 1 aliphatic heterocycles. The highest BCUT2D eigenvalue weighted by atomic mass is 79.9. The molecule has 1 saturated heterocycles. The average molecular weight is 295 g/mol. The summed E-state index contributed by atoms with van der Waals surface area (Å²) in [6, 6.07) is 2.57. The van der Waals surface area contributed by atoms with Crippen LogP contribution in [0, 0.1) is 6.92 Å². The zero-order valence-corrected chi connectivity index (χ0v) is 11.4. The number of aromatic nitrogens is 3. The fourth-order valence-corrected chi connectivity index (χ4v) is 2.89. The lowest BCUT2D eigenvalue weighted by molar-refractivity contribution is 0.368. The summed E-state index contributed by atoms with van der Waals surface area (Å²) >= 11 is 3.44. The van der Waals surface area contributed by atoms with Gasteiger partial charge < -0.3 is 9.88 Å². The van der Waals surface area contributed by atoms with Crippen LogP contribution in [0.2, 0.25) is 0 Å². The first-order valence-corrected chi connectivity index (χ1v) is 6.76. The Balaban J connectivity index is 2.11. The molecule has 3 rings (SSSR count). The summed E-state index contributed by atoms with van der Waals surface area (Å²) in [6.07, 6.45) is 4.16. The number of nitrogens with zero attached hydrogens (tertiary/aromatic N) is 3. The molecule has 1 fully saturated rings. The highest BCUT2D eigenvalue weighted by Crippen LogP contribution is 2.26. The van der Waals surface area contributed by atoms with Crippen LogP contribution in [-0.2, 0) is 0 Å². The number of nitrogens with one attached hydrogen (secondary N) is 1. The lowest BCUT2D eigenvalue weighted by Gasteiger charge is -2.25. The molecular weight excluding hydrogens is 280 g/mol. The SMILES string of the molecule is Cc1nc2cc(Br)cnc2n1C1CCNCC1. The van der Waals surface area contributed by atoms with E-state index in [0.717, 1.165) is 47.4 Å². The van der Waals surface area contributed by atoms with Gasteiger partial charge >= 0.3 is 0 Å². The highest BCUT2D eigenvalue weighted by Gasteiger charge is 2.20. The molecule has 0 bridgehead atoms. The van der Waals surface area contributed by atoms with E-state index in [-0.39, 0.29) is 0 Å². The lowest BCUT2D eigenvalue weighted by Crippen LogP contribution is -2.29. The van der Waals surface area contributed by atoms with Gasteiger partial charge in [-0.25, -0.2) is 9.97 Å². The van der Waals surface area contributed by atoms with Crippen molar-refractivity contribution in [1.29, 1.82) is 0 Å². The predicted octanol–water partition coefficient (Wildman–Crippen LogP) is 2.43. The van der Waals surface area contributed by atoms with E-state index in [4.69, 9.17) is 0 Å². The molecule has 0 unspecified atom stereocenters. The highest BCUT2D eigenvalue weighted by molar-refractivity contribution is 9.10. The fourth-order valence-electron chi connectivity index (χ4n) is 2.57. The van der Waals surface area contributed by atoms with Crippen LogP contribution in [0.15, 0.2) is 16.7 Å². The maximum Gasteiger partial charge on any atom is 0.160 e. The minimum Gasteiger partial charge on any atom is -0.317 e. The Morgan fingerprint density at radius 3 is 2.94 bits per heavy atom. The van der Waals surface area contributed by atoms with E-state index in [9.17, 15) is 0 Å². The van der Waals surface area contributed by atoms with Gasteiger partial charge in [-0.3, -0.25) is 0 Å². The van der Waals surface area contributed by atoms with Crippen molar-refractivity contribution in [3.63, 3.8) is 0 Å². The van der Waals surface area contributed by atoms with Gasteiger partial charge in [-0.2, -0.15) is 0 Å². The van der Waals surface area contributed by atoms with Crippen LogP contribution in [0.4, 0.5) is 0 Å². The second kappa shape index (κ2) is 4.38. The number of rotatable bonds is 1. The number of piperidine rings is 1. The molecule has 1 aliphatic rings. The Bertz CT molecular complexity index is 543. The molecule has 5 heteroatoms. The van der Waals surface area contributed by atoms with Crippen molar-refractivity contribution < 1.29 is 0 Å². The van der Waals surface area contributed by atoms with Crippen molar-refractivity contribution in [3.05, 3.63) is 22.6 Å². The number of halogens is 1. The first-order valence-electron chi connectivity index (χ1n) is 5.96. The van der Waals surface area contributed by atoms with Gasteiger partial charge in [0.1, 0.15) is 11.3 Å². The first-order chi connectivity index (χ1) is 8.25. The number of imidazole rings is 1. The first kappa shape index (κ1) is 11.2. The summed E-state index contributed by atoms with van der Waals surface area (Å²) in [5.74, 6) is 1.07. The number of pyridine rings is 1. The molecule has 0 radical (unpaired) electrons. The Morgan fingerprint density at radius 1 is 1.41 bits per heavy atom. The van der Waals surface area contributed by atoms with E-state index < -0.39 is 0 Å². The van der Waals surface area contributed by atoms with E-state index in [2.05, 4.69) is 42.7 Å². The van der Waals surface area contributed by atoms with Crippen LogP contribution in [0.5, 0.6) is 0 Å². The monoisotopic (exact) mass is 294 g/mol. The van der Waals surface area contributed by atoms with Crippen LogP contribution in [0.3, 0.4) is 0 Å². The van der Waals surface area contributed by atoms with Crippen LogP contribution >= 0.6 is 15.9 Å². The third-order valence-electron chi connectivity index (χ3n) is 3.35. The van der Waals surface area contributed by atoms with Gasteiger partial charge in [0, 0.05) is 16.7 Å². The summed E-state index contributed by atoms with van der Waals surface area (Å²) in [7, 11) is 0. The maximum atomic E-state index is 4.60. The van der Waals surface area contributed by atoms with Crippen LogP contribution in [0.25, 0.3) is 11.2 Å². The molecule has 90 valence electrons. The van der Waals surface area contributed by atoms with E-state index in [1.807, 2.05) is 12.3 Å². The van der Waals surface area contributed by atoms with Gasteiger partial charge in [-0.05, 0) is 54.9 Å². The molecule has 2 aromatic heterocycles. The molecule has 3 heterocycles. The number of aryl methyl sites for hydroxylation is 1. The van der Waals surface area contributed by atoms with Crippen LogP contribution in [0.1, 0.15) is 24.7 Å². The van der Waals surface area contributed by atoms with Crippen molar-refractivity contribution >= 4 is 27.1 Å². The van der Waals surface area contributed by atoms with E-state index in [1.54, 1.807) is 0 Å². The van der Waals surface area contributed by atoms with Crippen molar-refractivity contribution in [1.82, 2.24) is 19.9 Å². The minimum absolute atomic E-state index is 0.537. The quantitative estimate of drug-likeness (QED) is 0.878. The minimum atomic E-state index is 0.537. The third-order valence-corrected chi connectivity index (χ3v) is 3.78. The van der Waals surface area contributed by atoms with E-state index in [1.165, 1.54) is 0 Å². The zero-order chi connectivity index (χ0) is 11.8. The third kappa shape index (κ3) is 1.98. The van der Waals surface area contributed by atoms with Gasteiger partial charge in [0.05, 0.1) is 0 Å². The molecule has 2 aromatic rings. The number of fused-ring (bicyclic) bond motifs is 1. The zero-order valence-electron chi connectivity index (χ0n) is 9.78. The second-order valence-electron chi connectivity index (χ2n) is 4.51. The topological polar surface area (TPSA) is 42.7 Å². The normalized spacial score (nSPS) is 17.8. The summed E-state index contributed by atoms with van der Waals surface area (Å²) in [5, 5.41) is 3.39. The molecule has 17 heavy (non-hydrogen) atoms. The summed E-state index contributed by atoms with van der Waals surface area (Å²) in [6.45, 7) is 4.23. The fraction of sp³-hybridized carbons (Fsp3) is 0.500. The van der Waals surface area contributed by atoms with Gasteiger partial charge in [0.15, 0.2) is 5.65 Å².